The van der Waals surface area contributed by atoms with E-state index in [4.69, 9.17) is 5.73 Å². The summed E-state index contributed by atoms with van der Waals surface area (Å²) < 4.78 is 1.12. The zero-order valence-electron chi connectivity index (χ0n) is 11.7. The van der Waals surface area contributed by atoms with Gasteiger partial charge < -0.3 is 11.1 Å². The topological polar surface area (TPSA) is 55.1 Å². The fourth-order valence-electron chi connectivity index (χ4n) is 2.05. The van der Waals surface area contributed by atoms with Crippen LogP contribution in [0.3, 0.4) is 0 Å². The van der Waals surface area contributed by atoms with E-state index >= 15 is 0 Å². The largest absolute Gasteiger partial charge is 0.356 e. The van der Waals surface area contributed by atoms with Gasteiger partial charge in [-0.25, -0.2) is 0 Å². The summed E-state index contributed by atoms with van der Waals surface area (Å²) in [5.74, 6) is 0.0667. The molecule has 1 heterocycles. The maximum absolute atomic E-state index is 11.8. The predicted octanol–water partition coefficient (Wildman–Crippen LogP) is 3.65. The van der Waals surface area contributed by atoms with Gasteiger partial charge in [-0.1, -0.05) is 30.3 Å². The van der Waals surface area contributed by atoms with Gasteiger partial charge >= 0.3 is 0 Å². The zero-order chi connectivity index (χ0) is 15.1. The minimum Gasteiger partial charge on any atom is -0.356 e. The fourth-order valence-corrected chi connectivity index (χ4v) is 3.54. The van der Waals surface area contributed by atoms with Gasteiger partial charge in [-0.05, 0) is 46.5 Å². The molecule has 0 saturated heterocycles. The molecule has 0 bridgehead atoms. The third-order valence-corrected chi connectivity index (χ3v) is 4.92. The van der Waals surface area contributed by atoms with Gasteiger partial charge in [-0.2, -0.15) is 0 Å². The first-order valence-corrected chi connectivity index (χ1v) is 8.57. The summed E-state index contributed by atoms with van der Waals surface area (Å²) in [5.41, 5.74) is 7.16. The fraction of sp³-hybridized carbons (Fsp3) is 0.312. The number of carbonyl (C=O) groups excluding carboxylic acids is 1. The number of rotatable bonds is 7. The summed E-state index contributed by atoms with van der Waals surface area (Å²) in [6, 6.07) is 13.9. The predicted molar refractivity (Wildman–Crippen MR) is 91.3 cm³/mol. The van der Waals surface area contributed by atoms with Gasteiger partial charge in [0.25, 0.3) is 0 Å². The summed E-state index contributed by atoms with van der Waals surface area (Å²) in [7, 11) is 0. The lowest BCUT2D eigenvalue weighted by Crippen LogP contribution is -2.26. The zero-order valence-corrected chi connectivity index (χ0v) is 14.1. The van der Waals surface area contributed by atoms with E-state index in [9.17, 15) is 4.79 Å². The van der Waals surface area contributed by atoms with Crippen LogP contribution in [0.5, 0.6) is 0 Å². The van der Waals surface area contributed by atoms with Crippen molar-refractivity contribution < 1.29 is 4.79 Å². The standard InChI is InChI=1S/C16H19BrN2OS/c17-15-8-6-13(21-15)10-11-19-16(20)9-7-14(18)12-4-2-1-3-5-12/h1-6,8,14H,7,9-11,18H2,(H,19,20). The molecule has 0 aliphatic rings. The van der Waals surface area contributed by atoms with Gasteiger partial charge in [0.2, 0.25) is 5.91 Å². The van der Waals surface area contributed by atoms with Crippen LogP contribution in [0.4, 0.5) is 0 Å². The molecule has 1 atom stereocenters. The van der Waals surface area contributed by atoms with Crippen molar-refractivity contribution in [3.63, 3.8) is 0 Å². The average molecular weight is 367 g/mol. The van der Waals surface area contributed by atoms with Crippen LogP contribution in [-0.4, -0.2) is 12.5 Å². The van der Waals surface area contributed by atoms with Crippen molar-refractivity contribution in [3.8, 4) is 0 Å². The number of hydrogen-bond acceptors (Lipinski definition) is 3. The van der Waals surface area contributed by atoms with Crippen molar-refractivity contribution in [3.05, 3.63) is 56.7 Å². The van der Waals surface area contributed by atoms with Gasteiger partial charge in [0.05, 0.1) is 3.79 Å². The van der Waals surface area contributed by atoms with Crippen LogP contribution >= 0.6 is 27.3 Å². The molecule has 0 aliphatic heterocycles. The highest BCUT2D eigenvalue weighted by Gasteiger charge is 2.08. The lowest BCUT2D eigenvalue weighted by molar-refractivity contribution is -0.121. The Balaban J connectivity index is 1.65. The van der Waals surface area contributed by atoms with E-state index in [-0.39, 0.29) is 11.9 Å². The molecule has 3 nitrogen and oxygen atoms in total. The van der Waals surface area contributed by atoms with Crippen molar-refractivity contribution in [2.45, 2.75) is 25.3 Å². The molecule has 0 fully saturated rings. The Morgan fingerprint density at radius 2 is 2.00 bits per heavy atom. The third kappa shape index (κ3) is 5.61. The van der Waals surface area contributed by atoms with Crippen molar-refractivity contribution in [1.82, 2.24) is 5.32 Å². The molecule has 2 rings (SSSR count). The molecule has 0 spiro atoms. The van der Waals surface area contributed by atoms with Gasteiger partial charge in [-0.3, -0.25) is 4.79 Å². The molecule has 112 valence electrons. The first-order chi connectivity index (χ1) is 10.1. The van der Waals surface area contributed by atoms with Crippen LogP contribution in [0, 0.1) is 0 Å². The highest BCUT2D eigenvalue weighted by molar-refractivity contribution is 9.11. The molecule has 1 aromatic heterocycles. The third-order valence-electron chi connectivity index (χ3n) is 3.23. The van der Waals surface area contributed by atoms with Crippen LogP contribution in [0.1, 0.15) is 29.3 Å². The monoisotopic (exact) mass is 366 g/mol. The molecule has 1 amide bonds. The Morgan fingerprint density at radius 1 is 1.24 bits per heavy atom. The van der Waals surface area contributed by atoms with E-state index in [0.29, 0.717) is 19.4 Å². The highest BCUT2D eigenvalue weighted by atomic mass is 79.9. The van der Waals surface area contributed by atoms with Crippen LogP contribution < -0.4 is 11.1 Å². The van der Waals surface area contributed by atoms with Crippen LogP contribution in [0.25, 0.3) is 0 Å². The Bertz CT molecular complexity index is 571. The maximum Gasteiger partial charge on any atom is 0.220 e. The Hall–Kier alpha value is -1.17. The van der Waals surface area contributed by atoms with E-state index in [1.807, 2.05) is 36.4 Å². The van der Waals surface area contributed by atoms with Crippen molar-refractivity contribution in [2.75, 3.05) is 6.54 Å². The van der Waals surface area contributed by atoms with E-state index < -0.39 is 0 Å². The summed E-state index contributed by atoms with van der Waals surface area (Å²) in [6.07, 6.45) is 2.00. The Morgan fingerprint density at radius 3 is 2.67 bits per heavy atom. The summed E-state index contributed by atoms with van der Waals surface area (Å²) in [4.78, 5) is 13.1. The molecule has 1 aromatic carbocycles. The SMILES string of the molecule is NC(CCC(=O)NCCc1ccc(Br)s1)c1ccccc1. The number of hydrogen-bond donors (Lipinski definition) is 2. The molecule has 2 aromatic rings. The number of carbonyl (C=O) groups is 1. The number of amides is 1. The first kappa shape index (κ1) is 16.2. The van der Waals surface area contributed by atoms with E-state index in [1.54, 1.807) is 11.3 Å². The molecular formula is C16H19BrN2OS. The van der Waals surface area contributed by atoms with Crippen molar-refractivity contribution in [2.24, 2.45) is 5.73 Å². The van der Waals surface area contributed by atoms with Gasteiger partial charge in [-0.15, -0.1) is 11.3 Å². The number of thiophene rings is 1. The Labute approximate surface area is 137 Å². The van der Waals surface area contributed by atoms with Crippen LogP contribution in [-0.2, 0) is 11.2 Å². The average Bonchev–Trinajstić information content (AvgIpc) is 2.91. The van der Waals surface area contributed by atoms with E-state index in [1.165, 1.54) is 4.88 Å². The molecule has 0 saturated carbocycles. The quantitative estimate of drug-likeness (QED) is 0.785. The second-order valence-corrected chi connectivity index (χ2v) is 7.41. The Kier molecular flexibility index (Phi) is 6.42. The molecule has 21 heavy (non-hydrogen) atoms. The van der Waals surface area contributed by atoms with Crippen molar-refractivity contribution >= 4 is 33.2 Å². The van der Waals surface area contributed by atoms with Gasteiger partial charge in [0.1, 0.15) is 0 Å². The maximum atomic E-state index is 11.8. The van der Waals surface area contributed by atoms with E-state index in [2.05, 4.69) is 27.3 Å². The van der Waals surface area contributed by atoms with Gasteiger partial charge in [0.15, 0.2) is 0 Å². The number of nitrogens with one attached hydrogen (secondary N) is 1. The second-order valence-electron chi connectivity index (χ2n) is 4.86. The number of nitrogens with two attached hydrogens (primary N) is 1. The number of halogens is 1. The highest BCUT2D eigenvalue weighted by Crippen LogP contribution is 2.22. The molecular weight excluding hydrogens is 348 g/mol. The lowest BCUT2D eigenvalue weighted by Gasteiger charge is -2.11. The minimum atomic E-state index is -0.0785. The van der Waals surface area contributed by atoms with Gasteiger partial charge in [0, 0.05) is 23.9 Å². The summed E-state index contributed by atoms with van der Waals surface area (Å²) in [5, 5.41) is 2.94. The van der Waals surface area contributed by atoms with Crippen molar-refractivity contribution in [1.29, 1.82) is 0 Å². The molecule has 5 heteroatoms. The first-order valence-electron chi connectivity index (χ1n) is 6.96. The second kappa shape index (κ2) is 8.32. The number of benzene rings is 1. The lowest BCUT2D eigenvalue weighted by atomic mass is 10.0. The molecule has 3 N–H and O–H groups in total. The molecule has 0 aliphatic carbocycles. The summed E-state index contributed by atoms with van der Waals surface area (Å²) in [6.45, 7) is 0.673. The van der Waals surface area contributed by atoms with Crippen LogP contribution in [0.2, 0.25) is 0 Å². The van der Waals surface area contributed by atoms with E-state index in [0.717, 1.165) is 15.8 Å². The molecule has 0 radical (unpaired) electrons. The van der Waals surface area contributed by atoms with Crippen LogP contribution in [0.15, 0.2) is 46.3 Å². The normalized spacial score (nSPS) is 12.1. The molecule has 1 unspecified atom stereocenters. The minimum absolute atomic E-state index is 0.0667. The summed E-state index contributed by atoms with van der Waals surface area (Å²) >= 11 is 5.13. The smallest absolute Gasteiger partial charge is 0.220 e.